The summed E-state index contributed by atoms with van der Waals surface area (Å²) in [5.41, 5.74) is 0.640. The summed E-state index contributed by atoms with van der Waals surface area (Å²) in [4.78, 5) is 28.9. The molecule has 1 atom stereocenters. The quantitative estimate of drug-likeness (QED) is 0.447. The first-order valence-electron chi connectivity index (χ1n) is 10.0. The molecule has 1 aliphatic heterocycles. The van der Waals surface area contributed by atoms with E-state index in [1.807, 2.05) is 5.38 Å². The summed E-state index contributed by atoms with van der Waals surface area (Å²) in [6, 6.07) is 6.13. The zero-order chi connectivity index (χ0) is 22.4. The van der Waals surface area contributed by atoms with Crippen molar-refractivity contribution in [3.05, 3.63) is 67.9 Å². The first kappa shape index (κ1) is 21.0. The number of hydrogen-bond donors (Lipinski definition) is 0. The van der Waals surface area contributed by atoms with Crippen LogP contribution in [-0.2, 0) is 11.8 Å². The summed E-state index contributed by atoms with van der Waals surface area (Å²) in [7, 11) is 1.64. The van der Waals surface area contributed by atoms with Crippen molar-refractivity contribution >= 4 is 39.7 Å². The highest BCUT2D eigenvalue weighted by molar-refractivity contribution is 7.09. The maximum atomic E-state index is 14.9. The monoisotopic (exact) mass is 471 g/mol. The van der Waals surface area contributed by atoms with E-state index < -0.39 is 5.82 Å². The van der Waals surface area contributed by atoms with Gasteiger partial charge in [0.25, 0.3) is 5.56 Å². The van der Waals surface area contributed by atoms with Crippen LogP contribution in [0.15, 0.2) is 40.6 Å². The van der Waals surface area contributed by atoms with Gasteiger partial charge in [0, 0.05) is 41.8 Å². The minimum Gasteiger partial charge on any atom is -0.367 e. The minimum atomic E-state index is -0.547. The van der Waals surface area contributed by atoms with Gasteiger partial charge in [0.1, 0.15) is 28.6 Å². The highest BCUT2D eigenvalue weighted by Crippen LogP contribution is 2.33. The number of nitrogens with zero attached hydrogens (tertiary/aromatic N) is 5. The Kier molecular flexibility index (Phi) is 5.40. The molecule has 4 heterocycles. The number of morpholine rings is 1. The van der Waals surface area contributed by atoms with Crippen LogP contribution in [-0.4, -0.2) is 39.2 Å². The number of pyridine rings is 1. The lowest BCUT2D eigenvalue weighted by atomic mass is 10.1. The number of benzene rings is 1. The third-order valence-corrected chi connectivity index (χ3v) is 6.68. The van der Waals surface area contributed by atoms with Crippen LogP contribution in [0, 0.1) is 12.7 Å². The lowest BCUT2D eigenvalue weighted by Crippen LogP contribution is -2.39. The summed E-state index contributed by atoms with van der Waals surface area (Å²) >= 11 is 7.49. The molecule has 1 saturated heterocycles. The van der Waals surface area contributed by atoms with Gasteiger partial charge in [-0.25, -0.2) is 19.3 Å². The second kappa shape index (κ2) is 8.23. The molecule has 32 heavy (non-hydrogen) atoms. The predicted octanol–water partition coefficient (Wildman–Crippen LogP) is 4.13. The first-order valence-corrected chi connectivity index (χ1v) is 11.3. The highest BCUT2D eigenvalue weighted by Gasteiger charge is 2.27. The molecule has 5 rings (SSSR count). The summed E-state index contributed by atoms with van der Waals surface area (Å²) in [6.45, 7) is 3.40. The standard InChI is InChI=1S/C22H19ClFN5O2S/c1-12-26-16-10-18(29-6-7-31-17(11-29)21-25-5-8-32-21)27-20(19(16)22(30)28(12)2)14-4-3-13(23)9-15(14)24/h3-5,8-10,17H,6-7,11H2,1-2H3/t17-/m0/s1. The third kappa shape index (κ3) is 3.66. The molecule has 1 fully saturated rings. The van der Waals surface area contributed by atoms with Crippen LogP contribution in [0.3, 0.4) is 0 Å². The van der Waals surface area contributed by atoms with Crippen LogP contribution >= 0.6 is 22.9 Å². The lowest BCUT2D eigenvalue weighted by Gasteiger charge is -2.33. The van der Waals surface area contributed by atoms with Gasteiger partial charge in [-0.3, -0.25) is 9.36 Å². The second-order valence-corrected chi connectivity index (χ2v) is 8.91. The van der Waals surface area contributed by atoms with Crippen molar-refractivity contribution in [2.45, 2.75) is 13.0 Å². The zero-order valence-electron chi connectivity index (χ0n) is 17.4. The van der Waals surface area contributed by atoms with Crippen LogP contribution in [0.4, 0.5) is 10.2 Å². The number of aryl methyl sites for hydroxylation is 1. The molecule has 0 unspecified atom stereocenters. The summed E-state index contributed by atoms with van der Waals surface area (Å²) in [5, 5.41) is 3.35. The van der Waals surface area contributed by atoms with Gasteiger partial charge in [-0.15, -0.1) is 11.3 Å². The number of aromatic nitrogens is 4. The number of rotatable bonds is 3. The van der Waals surface area contributed by atoms with E-state index in [4.69, 9.17) is 21.3 Å². The predicted molar refractivity (Wildman–Crippen MR) is 123 cm³/mol. The molecule has 0 bridgehead atoms. The van der Waals surface area contributed by atoms with Gasteiger partial charge < -0.3 is 9.64 Å². The summed E-state index contributed by atoms with van der Waals surface area (Å²) in [6.07, 6.45) is 1.57. The Balaban J connectivity index is 1.69. The van der Waals surface area contributed by atoms with E-state index in [2.05, 4.69) is 14.9 Å². The number of thiazole rings is 1. The molecule has 1 aliphatic rings. The van der Waals surface area contributed by atoms with Gasteiger partial charge in [0.15, 0.2) is 0 Å². The smallest absolute Gasteiger partial charge is 0.263 e. The number of halogens is 2. The maximum absolute atomic E-state index is 14.9. The molecule has 0 saturated carbocycles. The van der Waals surface area contributed by atoms with Crippen molar-refractivity contribution in [1.29, 1.82) is 0 Å². The normalized spacial score (nSPS) is 16.6. The number of hydrogen-bond acceptors (Lipinski definition) is 7. The Labute approximate surface area is 192 Å². The molecule has 164 valence electrons. The SMILES string of the molecule is Cc1nc2cc(N3CCO[C@H](c4nccs4)C3)nc(-c3ccc(Cl)cc3F)c2c(=O)n1C. The topological polar surface area (TPSA) is 73.1 Å². The molecule has 0 amide bonds. The van der Waals surface area contributed by atoms with E-state index in [1.165, 1.54) is 22.0 Å². The van der Waals surface area contributed by atoms with Crippen molar-refractivity contribution in [2.24, 2.45) is 7.05 Å². The Morgan fingerprint density at radius 3 is 2.88 bits per heavy atom. The van der Waals surface area contributed by atoms with E-state index in [9.17, 15) is 9.18 Å². The van der Waals surface area contributed by atoms with Crippen molar-refractivity contribution in [2.75, 3.05) is 24.6 Å². The van der Waals surface area contributed by atoms with Crippen molar-refractivity contribution in [1.82, 2.24) is 19.5 Å². The van der Waals surface area contributed by atoms with Gasteiger partial charge in [0.05, 0.1) is 29.7 Å². The van der Waals surface area contributed by atoms with Crippen LogP contribution < -0.4 is 10.5 Å². The largest absolute Gasteiger partial charge is 0.367 e. The van der Waals surface area contributed by atoms with E-state index in [1.54, 1.807) is 38.4 Å². The molecular formula is C22H19ClFN5O2S. The number of fused-ring (bicyclic) bond motifs is 1. The molecule has 10 heteroatoms. The van der Waals surface area contributed by atoms with Gasteiger partial charge in [-0.1, -0.05) is 11.6 Å². The van der Waals surface area contributed by atoms with Gasteiger partial charge in [0.2, 0.25) is 0 Å². The van der Waals surface area contributed by atoms with E-state index in [-0.39, 0.29) is 33.3 Å². The van der Waals surface area contributed by atoms with E-state index in [0.29, 0.717) is 36.9 Å². The fourth-order valence-corrected chi connectivity index (χ4v) is 4.66. The Morgan fingerprint density at radius 2 is 2.12 bits per heavy atom. The first-order chi connectivity index (χ1) is 15.4. The van der Waals surface area contributed by atoms with Crippen molar-refractivity contribution in [3.63, 3.8) is 0 Å². The van der Waals surface area contributed by atoms with Crippen LogP contribution in [0.25, 0.3) is 22.2 Å². The molecule has 0 radical (unpaired) electrons. The van der Waals surface area contributed by atoms with Crippen molar-refractivity contribution in [3.8, 4) is 11.3 Å². The second-order valence-electron chi connectivity index (χ2n) is 7.55. The molecule has 0 spiro atoms. The van der Waals surface area contributed by atoms with Crippen LogP contribution in [0.1, 0.15) is 16.9 Å². The molecule has 3 aromatic heterocycles. The fourth-order valence-electron chi connectivity index (χ4n) is 3.82. The molecule has 4 aromatic rings. The minimum absolute atomic E-state index is 0.185. The van der Waals surface area contributed by atoms with E-state index in [0.717, 1.165) is 5.01 Å². The average Bonchev–Trinajstić information content (AvgIpc) is 3.32. The molecule has 7 nitrogen and oxygen atoms in total. The fraction of sp³-hybridized carbons (Fsp3) is 0.273. The number of anilines is 1. The van der Waals surface area contributed by atoms with Crippen molar-refractivity contribution < 1.29 is 9.13 Å². The Hall–Kier alpha value is -2.88. The van der Waals surface area contributed by atoms with Gasteiger partial charge in [-0.2, -0.15) is 0 Å². The molecular weight excluding hydrogens is 453 g/mol. The lowest BCUT2D eigenvalue weighted by molar-refractivity contribution is 0.0394. The highest BCUT2D eigenvalue weighted by atomic mass is 35.5. The number of ether oxygens (including phenoxy) is 1. The molecule has 1 aromatic carbocycles. The van der Waals surface area contributed by atoms with E-state index >= 15 is 0 Å². The van der Waals surface area contributed by atoms with Crippen LogP contribution in [0.5, 0.6) is 0 Å². The zero-order valence-corrected chi connectivity index (χ0v) is 19.0. The third-order valence-electron chi connectivity index (χ3n) is 5.57. The maximum Gasteiger partial charge on any atom is 0.263 e. The average molecular weight is 472 g/mol. The van der Waals surface area contributed by atoms with Crippen LogP contribution in [0.2, 0.25) is 5.02 Å². The molecule has 0 aliphatic carbocycles. The Bertz CT molecular complexity index is 1380. The summed E-state index contributed by atoms with van der Waals surface area (Å²) in [5.74, 6) is 0.616. The van der Waals surface area contributed by atoms with Gasteiger partial charge in [-0.05, 0) is 25.1 Å². The molecule has 0 N–H and O–H groups in total. The van der Waals surface area contributed by atoms with Gasteiger partial charge >= 0.3 is 0 Å². The summed E-state index contributed by atoms with van der Waals surface area (Å²) < 4.78 is 22.2. The Morgan fingerprint density at radius 1 is 1.28 bits per heavy atom.